The molecule has 3 aromatic rings. The first-order valence-corrected chi connectivity index (χ1v) is 7.29. The molecule has 4 nitrogen and oxygen atoms in total. The maximum Gasteiger partial charge on any atom is 0.142 e. The Morgan fingerprint density at radius 2 is 1.70 bits per heavy atom. The van der Waals surface area contributed by atoms with E-state index in [1.54, 1.807) is 19.5 Å². The molecule has 0 bridgehead atoms. The summed E-state index contributed by atoms with van der Waals surface area (Å²) in [5.74, 6) is 0.812. The molecule has 0 aliphatic rings. The van der Waals surface area contributed by atoms with Gasteiger partial charge < -0.3 is 10.1 Å². The van der Waals surface area contributed by atoms with Gasteiger partial charge in [-0.2, -0.15) is 0 Å². The highest BCUT2D eigenvalue weighted by molar-refractivity contribution is 5.81. The van der Waals surface area contributed by atoms with Crippen molar-refractivity contribution in [3.05, 3.63) is 78.6 Å². The smallest absolute Gasteiger partial charge is 0.142 e. The minimum Gasteiger partial charge on any atom is -0.495 e. The first kappa shape index (κ1) is 14.8. The Kier molecular flexibility index (Phi) is 4.64. The van der Waals surface area contributed by atoms with Gasteiger partial charge in [0.1, 0.15) is 5.75 Å². The molecule has 0 fully saturated rings. The minimum atomic E-state index is 0.812. The van der Waals surface area contributed by atoms with E-state index in [2.05, 4.69) is 15.3 Å². The summed E-state index contributed by atoms with van der Waals surface area (Å²) in [6, 6.07) is 19.6. The van der Waals surface area contributed by atoms with Crippen LogP contribution in [0.3, 0.4) is 0 Å². The SMILES string of the molecule is COc1ccccc1Nc1ccc(N=Cc2ccncc2)cc1. The van der Waals surface area contributed by atoms with E-state index in [-0.39, 0.29) is 0 Å². The Bertz CT molecular complexity index is 783. The van der Waals surface area contributed by atoms with Crippen molar-refractivity contribution in [3.63, 3.8) is 0 Å². The van der Waals surface area contributed by atoms with Crippen molar-refractivity contribution in [3.8, 4) is 5.75 Å². The van der Waals surface area contributed by atoms with E-state index in [1.807, 2.05) is 66.9 Å². The highest BCUT2D eigenvalue weighted by Crippen LogP contribution is 2.27. The van der Waals surface area contributed by atoms with Crippen LogP contribution in [-0.2, 0) is 0 Å². The second kappa shape index (κ2) is 7.22. The average Bonchev–Trinajstić information content (AvgIpc) is 2.62. The zero-order valence-electron chi connectivity index (χ0n) is 12.8. The highest BCUT2D eigenvalue weighted by Gasteiger charge is 2.01. The van der Waals surface area contributed by atoms with Gasteiger partial charge in [-0.1, -0.05) is 12.1 Å². The Hall–Kier alpha value is -3.14. The first-order valence-electron chi connectivity index (χ1n) is 7.29. The van der Waals surface area contributed by atoms with Gasteiger partial charge in [0.15, 0.2) is 0 Å². The van der Waals surface area contributed by atoms with Crippen molar-refractivity contribution >= 4 is 23.3 Å². The lowest BCUT2D eigenvalue weighted by Gasteiger charge is -2.10. The highest BCUT2D eigenvalue weighted by atomic mass is 16.5. The van der Waals surface area contributed by atoms with E-state index >= 15 is 0 Å². The van der Waals surface area contributed by atoms with Crippen molar-refractivity contribution in [1.29, 1.82) is 0 Å². The summed E-state index contributed by atoms with van der Waals surface area (Å²) in [6.07, 6.45) is 5.33. The monoisotopic (exact) mass is 303 g/mol. The Morgan fingerprint density at radius 3 is 2.43 bits per heavy atom. The summed E-state index contributed by atoms with van der Waals surface area (Å²) in [6.45, 7) is 0. The summed E-state index contributed by atoms with van der Waals surface area (Å²) in [4.78, 5) is 8.44. The van der Waals surface area contributed by atoms with Gasteiger partial charge in [-0.05, 0) is 54.1 Å². The van der Waals surface area contributed by atoms with Gasteiger partial charge in [0.25, 0.3) is 0 Å². The second-order valence-electron chi connectivity index (χ2n) is 4.91. The lowest BCUT2D eigenvalue weighted by molar-refractivity contribution is 0.417. The third-order valence-electron chi connectivity index (χ3n) is 3.32. The number of nitrogens with zero attached hydrogens (tertiary/aromatic N) is 2. The fourth-order valence-corrected chi connectivity index (χ4v) is 2.13. The topological polar surface area (TPSA) is 46.5 Å². The Labute approximate surface area is 135 Å². The maximum atomic E-state index is 5.34. The van der Waals surface area contributed by atoms with Crippen LogP contribution >= 0.6 is 0 Å². The van der Waals surface area contributed by atoms with Crippen molar-refractivity contribution < 1.29 is 4.74 Å². The molecule has 0 radical (unpaired) electrons. The number of pyridine rings is 1. The van der Waals surface area contributed by atoms with Gasteiger partial charge in [-0.25, -0.2) is 0 Å². The summed E-state index contributed by atoms with van der Waals surface area (Å²) in [5.41, 5.74) is 3.84. The molecule has 114 valence electrons. The fraction of sp³-hybridized carbons (Fsp3) is 0.0526. The number of benzene rings is 2. The number of rotatable bonds is 5. The second-order valence-corrected chi connectivity index (χ2v) is 4.91. The van der Waals surface area contributed by atoms with Crippen LogP contribution < -0.4 is 10.1 Å². The van der Waals surface area contributed by atoms with E-state index in [0.717, 1.165) is 28.4 Å². The molecule has 2 aromatic carbocycles. The Morgan fingerprint density at radius 1 is 0.957 bits per heavy atom. The Balaban J connectivity index is 1.71. The number of para-hydroxylation sites is 2. The van der Waals surface area contributed by atoms with Crippen molar-refractivity contribution in [2.45, 2.75) is 0 Å². The third-order valence-corrected chi connectivity index (χ3v) is 3.32. The predicted octanol–water partition coefficient (Wildman–Crippen LogP) is 4.58. The number of anilines is 2. The van der Waals surface area contributed by atoms with Crippen LogP contribution in [0.5, 0.6) is 5.75 Å². The van der Waals surface area contributed by atoms with Crippen LogP contribution in [0.1, 0.15) is 5.56 Å². The van der Waals surface area contributed by atoms with Gasteiger partial charge >= 0.3 is 0 Å². The van der Waals surface area contributed by atoms with Crippen LogP contribution in [0.25, 0.3) is 0 Å². The molecule has 4 heteroatoms. The predicted molar refractivity (Wildman–Crippen MR) is 94.2 cm³/mol. The van der Waals surface area contributed by atoms with Crippen molar-refractivity contribution in [1.82, 2.24) is 4.98 Å². The van der Waals surface area contributed by atoms with Crippen molar-refractivity contribution in [2.24, 2.45) is 4.99 Å². The number of hydrogen-bond acceptors (Lipinski definition) is 4. The molecule has 0 unspecified atom stereocenters. The molecule has 0 aliphatic heterocycles. The standard InChI is InChI=1S/C19H17N3O/c1-23-19-5-3-2-4-18(19)22-17-8-6-16(7-9-17)21-14-15-10-12-20-13-11-15/h2-14,22H,1H3. The normalized spacial score (nSPS) is 10.7. The third kappa shape index (κ3) is 3.95. The molecule has 0 atom stereocenters. The number of hydrogen-bond donors (Lipinski definition) is 1. The fourth-order valence-electron chi connectivity index (χ4n) is 2.13. The van der Waals surface area contributed by atoms with Crippen LogP contribution in [0.4, 0.5) is 17.1 Å². The largest absolute Gasteiger partial charge is 0.495 e. The van der Waals surface area contributed by atoms with Crippen molar-refractivity contribution in [2.75, 3.05) is 12.4 Å². The molecule has 0 aliphatic carbocycles. The number of methoxy groups -OCH3 is 1. The summed E-state index contributed by atoms with van der Waals surface area (Å²) >= 11 is 0. The zero-order chi connectivity index (χ0) is 15.9. The summed E-state index contributed by atoms with van der Waals surface area (Å²) in [5, 5.41) is 3.34. The van der Waals surface area contributed by atoms with Gasteiger partial charge in [0.2, 0.25) is 0 Å². The van der Waals surface area contributed by atoms with Crippen LogP contribution in [0.15, 0.2) is 78.0 Å². The van der Waals surface area contributed by atoms with Gasteiger partial charge in [0, 0.05) is 24.3 Å². The van der Waals surface area contributed by atoms with Crippen LogP contribution in [-0.4, -0.2) is 18.3 Å². The maximum absolute atomic E-state index is 5.34. The lowest BCUT2D eigenvalue weighted by Crippen LogP contribution is -1.93. The molecule has 1 heterocycles. The molecule has 3 rings (SSSR count). The van der Waals surface area contributed by atoms with E-state index < -0.39 is 0 Å². The molecule has 0 amide bonds. The number of nitrogens with one attached hydrogen (secondary N) is 1. The minimum absolute atomic E-state index is 0.812. The van der Waals surface area contributed by atoms with E-state index in [4.69, 9.17) is 4.74 Å². The van der Waals surface area contributed by atoms with Crippen LogP contribution in [0.2, 0.25) is 0 Å². The van der Waals surface area contributed by atoms with E-state index in [9.17, 15) is 0 Å². The van der Waals surface area contributed by atoms with Crippen LogP contribution in [0, 0.1) is 0 Å². The molecule has 23 heavy (non-hydrogen) atoms. The van der Waals surface area contributed by atoms with Gasteiger partial charge in [-0.15, -0.1) is 0 Å². The number of aliphatic imine (C=N–C) groups is 1. The molecule has 0 spiro atoms. The first-order chi connectivity index (χ1) is 11.3. The quantitative estimate of drug-likeness (QED) is 0.701. The lowest BCUT2D eigenvalue weighted by atomic mass is 10.2. The molecule has 0 saturated heterocycles. The molecular formula is C19H17N3O. The van der Waals surface area contributed by atoms with E-state index in [0.29, 0.717) is 0 Å². The average molecular weight is 303 g/mol. The zero-order valence-corrected chi connectivity index (χ0v) is 12.8. The van der Waals surface area contributed by atoms with Gasteiger partial charge in [0.05, 0.1) is 18.5 Å². The number of aromatic nitrogens is 1. The summed E-state index contributed by atoms with van der Waals surface area (Å²) < 4.78 is 5.34. The molecule has 1 aromatic heterocycles. The molecule has 0 saturated carbocycles. The molecular weight excluding hydrogens is 286 g/mol. The number of ether oxygens (including phenoxy) is 1. The summed E-state index contributed by atoms with van der Waals surface area (Å²) in [7, 11) is 1.66. The van der Waals surface area contributed by atoms with E-state index in [1.165, 1.54) is 0 Å². The van der Waals surface area contributed by atoms with Gasteiger partial charge in [-0.3, -0.25) is 9.98 Å². The molecule has 1 N–H and O–H groups in total.